The molecule has 0 radical (unpaired) electrons. The van der Waals surface area contributed by atoms with Gasteiger partial charge in [0.1, 0.15) is 11.7 Å². The molecule has 1 aliphatic heterocycles. The first-order valence-corrected chi connectivity index (χ1v) is 20.5. The number of rotatable bonds is 17. The molecule has 3 aliphatic rings. The van der Waals surface area contributed by atoms with E-state index < -0.39 is 82.7 Å². The molecule has 1 aromatic carbocycles. The number of Topliss-reactive ketones (excluding diaryl/α,β-unsaturated/α-hetero) is 4. The van der Waals surface area contributed by atoms with Gasteiger partial charge >= 0.3 is 0 Å². The Labute approximate surface area is 329 Å². The van der Waals surface area contributed by atoms with Gasteiger partial charge in [0.25, 0.3) is 5.92 Å². The maximum Gasteiger partial charge on any atom is 0.253 e. The molecule has 0 spiro atoms. The highest BCUT2D eigenvalue weighted by molar-refractivity contribution is 6.38. The lowest BCUT2D eigenvalue weighted by Gasteiger charge is -2.38. The molecule has 7 atom stereocenters. The molecule has 0 bridgehead atoms. The number of halogens is 2. The van der Waals surface area contributed by atoms with Crippen LogP contribution in [0.3, 0.4) is 0 Å². The molecule has 1 saturated heterocycles. The first kappa shape index (κ1) is 42.9. The minimum atomic E-state index is -3.10. The van der Waals surface area contributed by atoms with Crippen molar-refractivity contribution in [1.29, 1.82) is 0 Å². The molecule has 5 rings (SSSR count). The van der Waals surface area contributed by atoms with Gasteiger partial charge in [-0.1, -0.05) is 90.6 Å². The van der Waals surface area contributed by atoms with Crippen molar-refractivity contribution in [3.8, 4) is 0 Å². The number of hydrogen-bond donors (Lipinski definition) is 1. The smallest absolute Gasteiger partial charge is 0.253 e. The van der Waals surface area contributed by atoms with Crippen molar-refractivity contribution < 1.29 is 37.5 Å². The molecule has 1 aromatic heterocycles. The average molecular weight is 777 g/mol. The molecular weight excluding hydrogens is 719 g/mol. The molecule has 56 heavy (non-hydrogen) atoms. The summed E-state index contributed by atoms with van der Waals surface area (Å²) < 4.78 is 30.8. The zero-order valence-corrected chi connectivity index (χ0v) is 33.5. The highest BCUT2D eigenvalue weighted by Crippen LogP contribution is 2.52. The van der Waals surface area contributed by atoms with Crippen molar-refractivity contribution in [3.05, 3.63) is 60.2 Å². The predicted molar refractivity (Wildman–Crippen MR) is 207 cm³/mol. The van der Waals surface area contributed by atoms with Gasteiger partial charge in [-0.05, 0) is 54.4 Å². The minimum Gasteiger partial charge on any atom is -0.344 e. The average Bonchev–Trinajstić information content (AvgIpc) is 3.72. The third-order valence-corrected chi connectivity index (χ3v) is 12.4. The maximum atomic E-state index is 15.4. The number of aromatic nitrogens is 2. The van der Waals surface area contributed by atoms with Gasteiger partial charge < -0.3 is 10.2 Å². The molecule has 2 heterocycles. The largest absolute Gasteiger partial charge is 0.344 e. The Balaban J connectivity index is 1.38. The molecule has 10 nitrogen and oxygen atoms in total. The van der Waals surface area contributed by atoms with Gasteiger partial charge in [0.05, 0.1) is 12.2 Å². The molecular formula is C44H58F2N4O6. The number of nitrogens with zero attached hydrogens (tertiary/aromatic N) is 3. The lowest BCUT2D eigenvalue weighted by molar-refractivity contribution is -0.146. The Morgan fingerprint density at radius 2 is 1.64 bits per heavy atom. The van der Waals surface area contributed by atoms with Crippen LogP contribution < -0.4 is 5.32 Å². The number of ketones is 4. The van der Waals surface area contributed by atoms with Crippen LogP contribution in [0.1, 0.15) is 134 Å². The first-order chi connectivity index (χ1) is 26.5. The fourth-order valence-electron chi connectivity index (χ4n) is 9.27. The first-order valence-electron chi connectivity index (χ1n) is 20.5. The number of carbonyl (C=O) groups excluding carboxylic acids is 6. The van der Waals surface area contributed by atoms with E-state index in [9.17, 15) is 28.8 Å². The number of carbonyl (C=O) groups is 6. The summed E-state index contributed by atoms with van der Waals surface area (Å²) in [5, 5.41) is 2.94. The molecule has 3 fully saturated rings. The van der Waals surface area contributed by atoms with E-state index in [-0.39, 0.29) is 62.0 Å². The van der Waals surface area contributed by atoms with Crippen LogP contribution in [-0.4, -0.2) is 74.4 Å². The fraction of sp³-hybridized carbons (Fsp3) is 0.636. The van der Waals surface area contributed by atoms with E-state index >= 15 is 8.78 Å². The van der Waals surface area contributed by atoms with Crippen molar-refractivity contribution >= 4 is 34.9 Å². The third kappa shape index (κ3) is 10.0. The van der Waals surface area contributed by atoms with Crippen molar-refractivity contribution in [1.82, 2.24) is 20.2 Å². The molecule has 1 N–H and O–H groups in total. The normalized spacial score (nSPS) is 23.1. The highest BCUT2D eigenvalue weighted by atomic mass is 19.3. The van der Waals surface area contributed by atoms with E-state index in [2.05, 4.69) is 15.3 Å². The van der Waals surface area contributed by atoms with Crippen molar-refractivity contribution in [2.75, 3.05) is 6.54 Å². The number of hydrogen-bond acceptors (Lipinski definition) is 8. The Hall–Kier alpha value is -4.22. The van der Waals surface area contributed by atoms with Gasteiger partial charge in [-0.3, -0.25) is 33.8 Å². The molecule has 2 aromatic rings. The summed E-state index contributed by atoms with van der Waals surface area (Å²) in [5.74, 6) is -10.5. The molecule has 2 saturated carbocycles. The summed E-state index contributed by atoms with van der Waals surface area (Å²) in [6.07, 6.45) is 8.44. The van der Waals surface area contributed by atoms with E-state index in [0.717, 1.165) is 37.7 Å². The number of benzene rings is 1. The standard InChI is InChI=1S/C44H58F2N4O6/c1-6-13-30(39(54)37(53)22-27(2)28-14-9-7-10-15-28)23-36(52)38-31-18-19-44(45,46)33(31)26-50(38)42(56)40(43(3,4)5)49-41(55)32(29-16-11-8-12-17-29)24-35(51)34-25-47-20-21-48-34/h7,9-10,14-15,20-21,25,27,29-33,38,40H,6,8,11-13,16-19,22-24,26H2,1-5H3,(H,49,55)/t27-,30-,31+,32+,33?,38+,40-/m1/s1. The summed E-state index contributed by atoms with van der Waals surface area (Å²) in [6.45, 7) is 8.62. The molecule has 2 aliphatic carbocycles. The summed E-state index contributed by atoms with van der Waals surface area (Å²) in [4.78, 5) is 93.1. The summed E-state index contributed by atoms with van der Waals surface area (Å²) >= 11 is 0. The summed E-state index contributed by atoms with van der Waals surface area (Å²) in [7, 11) is 0. The van der Waals surface area contributed by atoms with E-state index in [0.29, 0.717) is 6.42 Å². The second-order valence-corrected chi connectivity index (χ2v) is 17.5. The molecule has 2 amide bonds. The van der Waals surface area contributed by atoms with Crippen molar-refractivity contribution in [2.45, 2.75) is 136 Å². The summed E-state index contributed by atoms with van der Waals surface area (Å²) in [5.41, 5.74) is 0.144. The van der Waals surface area contributed by atoms with Crippen molar-refractivity contribution in [2.24, 2.45) is 35.0 Å². The Morgan fingerprint density at radius 3 is 2.27 bits per heavy atom. The minimum absolute atomic E-state index is 0.0263. The second kappa shape index (κ2) is 18.4. The zero-order valence-electron chi connectivity index (χ0n) is 33.5. The molecule has 12 heteroatoms. The van der Waals surface area contributed by atoms with Crippen LogP contribution in [0.15, 0.2) is 48.9 Å². The second-order valence-electron chi connectivity index (χ2n) is 17.5. The maximum absolute atomic E-state index is 15.4. The number of alkyl halides is 2. The van der Waals surface area contributed by atoms with E-state index in [1.165, 1.54) is 23.5 Å². The number of nitrogens with one attached hydrogen (secondary N) is 1. The Bertz CT molecular complexity index is 1730. The van der Waals surface area contributed by atoms with Gasteiger partial charge in [0.2, 0.25) is 17.6 Å². The van der Waals surface area contributed by atoms with Gasteiger partial charge in [0, 0.05) is 62.4 Å². The van der Waals surface area contributed by atoms with Crippen LogP contribution in [0.5, 0.6) is 0 Å². The van der Waals surface area contributed by atoms with Gasteiger partial charge in [-0.2, -0.15) is 0 Å². The summed E-state index contributed by atoms with van der Waals surface area (Å²) in [6, 6.07) is 6.92. The third-order valence-electron chi connectivity index (χ3n) is 12.4. The van der Waals surface area contributed by atoms with E-state index in [1.807, 2.05) is 44.2 Å². The highest BCUT2D eigenvalue weighted by Gasteiger charge is 2.61. The lowest BCUT2D eigenvalue weighted by Crippen LogP contribution is -2.58. The molecule has 1 unspecified atom stereocenters. The number of amides is 2. The Morgan fingerprint density at radius 1 is 0.946 bits per heavy atom. The topological polar surface area (TPSA) is 143 Å². The van der Waals surface area contributed by atoms with Crippen molar-refractivity contribution in [3.63, 3.8) is 0 Å². The fourth-order valence-corrected chi connectivity index (χ4v) is 9.27. The lowest BCUT2D eigenvalue weighted by atomic mass is 9.76. The SMILES string of the molecule is CCC[C@H](CC(=O)[C@@H]1[C@H]2CCC(F)(F)C2CN1C(=O)[C@@H](NC(=O)[C@@H](CC(=O)c1cnccn1)C1CCCCC1)C(C)(C)C)C(=O)C(=O)C[C@@H](C)c1ccccc1. The van der Waals surface area contributed by atoms with E-state index in [4.69, 9.17) is 0 Å². The van der Waals surface area contributed by atoms with Crippen LogP contribution in [0.25, 0.3) is 0 Å². The van der Waals surface area contributed by atoms with Gasteiger partial charge in [-0.15, -0.1) is 0 Å². The predicted octanol–water partition coefficient (Wildman–Crippen LogP) is 7.36. The number of fused-ring (bicyclic) bond motifs is 1. The van der Waals surface area contributed by atoms with Crippen LogP contribution in [0.4, 0.5) is 8.78 Å². The number of likely N-dealkylation sites (tertiary alicyclic amines) is 1. The van der Waals surface area contributed by atoms with E-state index in [1.54, 1.807) is 20.8 Å². The van der Waals surface area contributed by atoms with Crippen LogP contribution in [-0.2, 0) is 24.0 Å². The monoisotopic (exact) mass is 776 g/mol. The van der Waals surface area contributed by atoms with Gasteiger partial charge in [0.15, 0.2) is 17.3 Å². The quantitative estimate of drug-likeness (QED) is 0.130. The van der Waals surface area contributed by atoms with Crippen LogP contribution >= 0.6 is 0 Å². The van der Waals surface area contributed by atoms with Crippen LogP contribution in [0, 0.1) is 35.0 Å². The van der Waals surface area contributed by atoms with Gasteiger partial charge in [-0.25, -0.2) is 13.8 Å². The van der Waals surface area contributed by atoms with Crippen LogP contribution in [0.2, 0.25) is 0 Å². The Kier molecular flexibility index (Phi) is 14.1. The molecule has 304 valence electrons. The zero-order chi connectivity index (χ0) is 40.8.